The Morgan fingerprint density at radius 1 is 1.21 bits per heavy atom. The molecule has 0 radical (unpaired) electrons. The van der Waals surface area contributed by atoms with Gasteiger partial charge in [-0.1, -0.05) is 32.0 Å². The molecular formula is C18H26N4O2. The lowest BCUT2D eigenvalue weighted by Gasteiger charge is -2.28. The number of carbonyl (C=O) groups excluding carboxylic acids is 1. The van der Waals surface area contributed by atoms with Gasteiger partial charge in [-0.25, -0.2) is 4.68 Å². The number of carbonyl (C=O) groups is 1. The lowest BCUT2D eigenvalue weighted by atomic mass is 9.81. The SMILES string of the molecule is CCC(CC)(CN)C(=O)Nc1c(C)n(C)n(-c2ccccc2)c1=O. The van der Waals surface area contributed by atoms with E-state index in [1.165, 1.54) is 0 Å². The largest absolute Gasteiger partial charge is 0.329 e. The topological polar surface area (TPSA) is 82.1 Å². The molecule has 0 aliphatic carbocycles. The number of hydrogen-bond donors (Lipinski definition) is 2. The van der Waals surface area contributed by atoms with Gasteiger partial charge < -0.3 is 11.1 Å². The van der Waals surface area contributed by atoms with E-state index in [9.17, 15) is 9.59 Å². The summed E-state index contributed by atoms with van der Waals surface area (Å²) in [7, 11) is 1.80. The van der Waals surface area contributed by atoms with E-state index in [-0.39, 0.29) is 18.0 Å². The van der Waals surface area contributed by atoms with E-state index >= 15 is 0 Å². The lowest BCUT2D eigenvalue weighted by Crippen LogP contribution is -2.42. The van der Waals surface area contributed by atoms with Gasteiger partial charge in [0.15, 0.2) is 0 Å². The van der Waals surface area contributed by atoms with Crippen LogP contribution >= 0.6 is 0 Å². The molecule has 0 unspecified atom stereocenters. The average Bonchev–Trinajstić information content (AvgIpc) is 2.81. The van der Waals surface area contributed by atoms with E-state index in [1.54, 1.807) is 16.4 Å². The second-order valence-electron chi connectivity index (χ2n) is 6.08. The molecule has 1 aromatic carbocycles. The number of amides is 1. The minimum absolute atomic E-state index is 0.194. The monoisotopic (exact) mass is 330 g/mol. The molecule has 130 valence electrons. The summed E-state index contributed by atoms with van der Waals surface area (Å²) in [4.78, 5) is 25.6. The smallest absolute Gasteiger partial charge is 0.295 e. The van der Waals surface area contributed by atoms with Gasteiger partial charge in [0.05, 0.1) is 16.8 Å². The number of benzene rings is 1. The van der Waals surface area contributed by atoms with Crippen molar-refractivity contribution in [3.63, 3.8) is 0 Å². The summed E-state index contributed by atoms with van der Waals surface area (Å²) in [6, 6.07) is 9.35. The number of hydrogen-bond acceptors (Lipinski definition) is 3. The molecule has 24 heavy (non-hydrogen) atoms. The van der Waals surface area contributed by atoms with E-state index in [2.05, 4.69) is 5.32 Å². The number of nitrogens with zero attached hydrogens (tertiary/aromatic N) is 2. The van der Waals surface area contributed by atoms with Crippen molar-refractivity contribution in [3.05, 3.63) is 46.4 Å². The van der Waals surface area contributed by atoms with E-state index in [0.717, 1.165) is 5.69 Å². The molecule has 0 aliphatic rings. The first-order valence-corrected chi connectivity index (χ1v) is 8.27. The zero-order valence-corrected chi connectivity index (χ0v) is 14.8. The Morgan fingerprint density at radius 2 is 1.79 bits per heavy atom. The van der Waals surface area contributed by atoms with Crippen LogP contribution in [-0.4, -0.2) is 21.8 Å². The van der Waals surface area contributed by atoms with Gasteiger partial charge in [-0.05, 0) is 31.9 Å². The van der Waals surface area contributed by atoms with Gasteiger partial charge in [0.25, 0.3) is 5.56 Å². The van der Waals surface area contributed by atoms with Crippen LogP contribution in [0.15, 0.2) is 35.1 Å². The highest BCUT2D eigenvalue weighted by Gasteiger charge is 2.34. The lowest BCUT2D eigenvalue weighted by molar-refractivity contribution is -0.125. The number of rotatable bonds is 6. The summed E-state index contributed by atoms with van der Waals surface area (Å²) >= 11 is 0. The molecule has 0 atom stereocenters. The van der Waals surface area contributed by atoms with Crippen LogP contribution in [0.5, 0.6) is 0 Å². The van der Waals surface area contributed by atoms with Crippen molar-refractivity contribution in [1.82, 2.24) is 9.36 Å². The molecule has 0 aliphatic heterocycles. The highest BCUT2D eigenvalue weighted by atomic mass is 16.2. The van der Waals surface area contributed by atoms with Crippen molar-refractivity contribution in [3.8, 4) is 5.69 Å². The van der Waals surface area contributed by atoms with Crippen LogP contribution in [0.1, 0.15) is 32.4 Å². The normalized spacial score (nSPS) is 11.5. The number of nitrogens with two attached hydrogens (primary N) is 1. The van der Waals surface area contributed by atoms with Crippen molar-refractivity contribution in [2.24, 2.45) is 18.2 Å². The third-order valence-electron chi connectivity index (χ3n) is 5.02. The number of nitrogens with one attached hydrogen (secondary N) is 1. The van der Waals surface area contributed by atoms with E-state index in [1.807, 2.05) is 51.1 Å². The van der Waals surface area contributed by atoms with Crippen molar-refractivity contribution >= 4 is 11.6 Å². The molecule has 1 amide bonds. The Balaban J connectivity index is 2.47. The minimum atomic E-state index is -0.647. The molecule has 2 rings (SSSR count). The van der Waals surface area contributed by atoms with Crippen molar-refractivity contribution < 1.29 is 4.79 Å². The van der Waals surface area contributed by atoms with Crippen LogP contribution in [-0.2, 0) is 11.8 Å². The fraction of sp³-hybridized carbons (Fsp3) is 0.444. The van der Waals surface area contributed by atoms with E-state index in [0.29, 0.717) is 24.2 Å². The number of para-hydroxylation sites is 1. The first-order chi connectivity index (χ1) is 11.4. The molecule has 6 nitrogen and oxygen atoms in total. The molecule has 3 N–H and O–H groups in total. The molecular weight excluding hydrogens is 304 g/mol. The Labute approximate surface area is 142 Å². The van der Waals surface area contributed by atoms with Gasteiger partial charge >= 0.3 is 0 Å². The van der Waals surface area contributed by atoms with E-state index in [4.69, 9.17) is 5.73 Å². The van der Waals surface area contributed by atoms with Gasteiger partial charge in [-0.15, -0.1) is 0 Å². The third kappa shape index (κ3) is 2.89. The fourth-order valence-electron chi connectivity index (χ4n) is 2.91. The van der Waals surface area contributed by atoms with Crippen LogP contribution < -0.4 is 16.6 Å². The maximum atomic E-state index is 12.8. The molecule has 0 saturated heterocycles. The molecule has 0 fully saturated rings. The Kier molecular flexibility index (Phi) is 5.29. The summed E-state index contributed by atoms with van der Waals surface area (Å²) in [5, 5.41) is 2.83. The summed E-state index contributed by atoms with van der Waals surface area (Å²) in [6.45, 7) is 5.95. The highest BCUT2D eigenvalue weighted by Crippen LogP contribution is 2.27. The molecule has 1 aromatic heterocycles. The van der Waals surface area contributed by atoms with Crippen molar-refractivity contribution in [2.75, 3.05) is 11.9 Å². The molecule has 2 aromatic rings. The zero-order chi connectivity index (χ0) is 17.9. The molecule has 0 saturated carbocycles. The zero-order valence-electron chi connectivity index (χ0n) is 14.8. The standard InChI is InChI=1S/C18H26N4O2/c1-5-18(6-2,12-19)17(24)20-15-13(3)21(4)22(16(15)23)14-10-8-7-9-11-14/h7-11H,5-6,12,19H2,1-4H3,(H,20,24). The van der Waals surface area contributed by atoms with Crippen LogP contribution in [0.25, 0.3) is 5.69 Å². The summed E-state index contributed by atoms with van der Waals surface area (Å²) in [6.07, 6.45) is 1.26. The molecule has 1 heterocycles. The van der Waals surface area contributed by atoms with Gasteiger partial charge in [-0.2, -0.15) is 0 Å². The Morgan fingerprint density at radius 3 is 2.29 bits per heavy atom. The summed E-state index contributed by atoms with van der Waals surface area (Å²) in [5.74, 6) is -0.194. The predicted molar refractivity (Wildman–Crippen MR) is 96.4 cm³/mol. The molecule has 0 bridgehead atoms. The second kappa shape index (κ2) is 7.05. The Hall–Kier alpha value is -2.34. The summed E-state index contributed by atoms with van der Waals surface area (Å²) < 4.78 is 3.29. The third-order valence-corrected chi connectivity index (χ3v) is 5.02. The number of aromatic nitrogens is 2. The predicted octanol–water partition coefficient (Wildman–Crippen LogP) is 2.19. The van der Waals surface area contributed by atoms with Crippen molar-refractivity contribution in [2.45, 2.75) is 33.6 Å². The van der Waals surface area contributed by atoms with Gasteiger partial charge in [0, 0.05) is 13.6 Å². The summed E-state index contributed by atoms with van der Waals surface area (Å²) in [5.41, 5.74) is 6.72. The van der Waals surface area contributed by atoms with Crippen LogP contribution in [0, 0.1) is 12.3 Å². The average molecular weight is 330 g/mol. The maximum absolute atomic E-state index is 12.8. The van der Waals surface area contributed by atoms with E-state index < -0.39 is 5.41 Å². The fourth-order valence-corrected chi connectivity index (χ4v) is 2.91. The quantitative estimate of drug-likeness (QED) is 0.852. The van der Waals surface area contributed by atoms with Crippen LogP contribution in [0.4, 0.5) is 5.69 Å². The van der Waals surface area contributed by atoms with Gasteiger partial charge in [0.2, 0.25) is 5.91 Å². The molecule has 6 heteroatoms. The van der Waals surface area contributed by atoms with Crippen molar-refractivity contribution in [1.29, 1.82) is 0 Å². The molecule has 0 spiro atoms. The minimum Gasteiger partial charge on any atom is -0.329 e. The van der Waals surface area contributed by atoms with Gasteiger partial charge in [0.1, 0.15) is 5.69 Å². The maximum Gasteiger partial charge on any atom is 0.295 e. The highest BCUT2D eigenvalue weighted by molar-refractivity contribution is 5.95. The number of anilines is 1. The van der Waals surface area contributed by atoms with Gasteiger partial charge in [-0.3, -0.25) is 14.3 Å². The van der Waals surface area contributed by atoms with Crippen LogP contribution in [0.2, 0.25) is 0 Å². The first-order valence-electron chi connectivity index (χ1n) is 8.27. The van der Waals surface area contributed by atoms with Crippen LogP contribution in [0.3, 0.4) is 0 Å². The second-order valence-corrected chi connectivity index (χ2v) is 6.08. The first kappa shape index (κ1) is 18.0. The Bertz CT molecular complexity index is 762.